The predicted octanol–water partition coefficient (Wildman–Crippen LogP) is 2.77. The molecule has 0 saturated carbocycles. The first-order valence-corrected chi connectivity index (χ1v) is 6.15. The third kappa shape index (κ3) is 4.92. The number of rotatable bonds is 4. The molecule has 1 atom stereocenters. The Kier molecular flexibility index (Phi) is 5.73. The molecular formula is C11H15BrN2OS. The molecule has 0 bridgehead atoms. The zero-order valence-corrected chi connectivity index (χ0v) is 11.7. The lowest BCUT2D eigenvalue weighted by Crippen LogP contribution is -2.34. The molecule has 0 amide bonds. The highest BCUT2D eigenvalue weighted by molar-refractivity contribution is 9.10. The van der Waals surface area contributed by atoms with Crippen molar-refractivity contribution in [2.45, 2.75) is 13.0 Å². The second kappa shape index (κ2) is 6.83. The van der Waals surface area contributed by atoms with Crippen LogP contribution in [0.3, 0.4) is 0 Å². The quantitative estimate of drug-likeness (QED) is 0.838. The van der Waals surface area contributed by atoms with Crippen molar-refractivity contribution in [2.24, 2.45) is 0 Å². The fraction of sp³-hybridized carbons (Fsp3) is 0.364. The Morgan fingerprint density at radius 2 is 2.06 bits per heavy atom. The highest BCUT2D eigenvalue weighted by Crippen LogP contribution is 2.13. The number of anilines is 1. The molecule has 1 aromatic rings. The van der Waals surface area contributed by atoms with Gasteiger partial charge in [-0.25, -0.2) is 0 Å². The van der Waals surface area contributed by atoms with Crippen LogP contribution < -0.4 is 10.6 Å². The standard InChI is InChI=1S/C11H15BrN2OS/c1-8(15-2)7-13-11(16)14-10-5-3-9(12)4-6-10/h3-6,8H,7H2,1-2H3,(H2,13,14,16). The van der Waals surface area contributed by atoms with Crippen molar-refractivity contribution in [1.29, 1.82) is 0 Å². The second-order valence-electron chi connectivity index (χ2n) is 3.39. The smallest absolute Gasteiger partial charge is 0.170 e. The SMILES string of the molecule is COC(C)CNC(=S)Nc1ccc(Br)cc1. The lowest BCUT2D eigenvalue weighted by Gasteiger charge is -2.13. The molecule has 0 saturated heterocycles. The number of benzene rings is 1. The van der Waals surface area contributed by atoms with E-state index in [9.17, 15) is 0 Å². The van der Waals surface area contributed by atoms with Gasteiger partial charge in [0, 0.05) is 23.8 Å². The highest BCUT2D eigenvalue weighted by Gasteiger charge is 2.01. The van der Waals surface area contributed by atoms with Gasteiger partial charge in [0.1, 0.15) is 0 Å². The van der Waals surface area contributed by atoms with Crippen molar-refractivity contribution in [1.82, 2.24) is 5.32 Å². The minimum atomic E-state index is 0.143. The first-order valence-electron chi connectivity index (χ1n) is 4.95. The predicted molar refractivity (Wildman–Crippen MR) is 74.8 cm³/mol. The van der Waals surface area contributed by atoms with Crippen molar-refractivity contribution in [3.05, 3.63) is 28.7 Å². The van der Waals surface area contributed by atoms with E-state index >= 15 is 0 Å². The van der Waals surface area contributed by atoms with Crippen LogP contribution in [0.5, 0.6) is 0 Å². The first kappa shape index (κ1) is 13.4. The van der Waals surface area contributed by atoms with E-state index in [0.717, 1.165) is 10.2 Å². The molecule has 88 valence electrons. The molecule has 0 radical (unpaired) electrons. The zero-order valence-electron chi connectivity index (χ0n) is 9.29. The number of hydrogen-bond acceptors (Lipinski definition) is 2. The summed E-state index contributed by atoms with van der Waals surface area (Å²) in [5, 5.41) is 6.78. The molecule has 0 aromatic heterocycles. The van der Waals surface area contributed by atoms with Gasteiger partial charge in [0.25, 0.3) is 0 Å². The molecule has 1 rings (SSSR count). The molecule has 1 unspecified atom stereocenters. The molecule has 0 aliphatic carbocycles. The van der Waals surface area contributed by atoms with Gasteiger partial charge in [-0.2, -0.15) is 0 Å². The van der Waals surface area contributed by atoms with E-state index in [1.165, 1.54) is 0 Å². The second-order valence-corrected chi connectivity index (χ2v) is 4.71. The van der Waals surface area contributed by atoms with Crippen molar-refractivity contribution in [2.75, 3.05) is 19.0 Å². The zero-order chi connectivity index (χ0) is 12.0. The summed E-state index contributed by atoms with van der Waals surface area (Å²) in [6.07, 6.45) is 0.143. The van der Waals surface area contributed by atoms with Crippen molar-refractivity contribution >= 4 is 38.9 Å². The molecular weight excluding hydrogens is 288 g/mol. The number of methoxy groups -OCH3 is 1. The van der Waals surface area contributed by atoms with Gasteiger partial charge in [0.2, 0.25) is 0 Å². The Balaban J connectivity index is 2.37. The summed E-state index contributed by atoms with van der Waals surface area (Å²) < 4.78 is 6.16. The maximum atomic E-state index is 5.15. The van der Waals surface area contributed by atoms with E-state index < -0.39 is 0 Å². The van der Waals surface area contributed by atoms with Crippen molar-refractivity contribution in [3.63, 3.8) is 0 Å². The summed E-state index contributed by atoms with van der Waals surface area (Å²) in [7, 11) is 1.68. The molecule has 0 heterocycles. The van der Waals surface area contributed by atoms with Crippen LogP contribution in [0.4, 0.5) is 5.69 Å². The average Bonchev–Trinajstić information content (AvgIpc) is 2.29. The van der Waals surface area contributed by atoms with E-state index in [1.807, 2.05) is 31.2 Å². The van der Waals surface area contributed by atoms with Gasteiger partial charge in [-0.1, -0.05) is 15.9 Å². The number of halogens is 1. The molecule has 0 fully saturated rings. The van der Waals surface area contributed by atoms with Crippen LogP contribution in [0, 0.1) is 0 Å². The molecule has 3 nitrogen and oxygen atoms in total. The van der Waals surface area contributed by atoms with E-state index in [4.69, 9.17) is 17.0 Å². The molecule has 2 N–H and O–H groups in total. The van der Waals surface area contributed by atoms with Gasteiger partial charge in [-0.15, -0.1) is 0 Å². The Hall–Kier alpha value is -0.650. The largest absolute Gasteiger partial charge is 0.380 e. The van der Waals surface area contributed by atoms with E-state index in [2.05, 4.69) is 26.6 Å². The maximum absolute atomic E-state index is 5.15. The van der Waals surface area contributed by atoms with Gasteiger partial charge in [-0.05, 0) is 43.4 Å². The summed E-state index contributed by atoms with van der Waals surface area (Å²) in [4.78, 5) is 0. The molecule has 0 spiro atoms. The maximum Gasteiger partial charge on any atom is 0.170 e. The molecule has 0 aliphatic heterocycles. The monoisotopic (exact) mass is 302 g/mol. The van der Waals surface area contributed by atoms with Crippen molar-refractivity contribution < 1.29 is 4.74 Å². The third-order valence-electron chi connectivity index (χ3n) is 2.05. The summed E-state index contributed by atoms with van der Waals surface area (Å²) in [6.45, 7) is 2.67. The Bertz CT molecular complexity index is 342. The van der Waals surface area contributed by atoms with Gasteiger partial charge in [0.05, 0.1) is 6.10 Å². The molecule has 16 heavy (non-hydrogen) atoms. The fourth-order valence-corrected chi connectivity index (χ4v) is 1.49. The lowest BCUT2D eigenvalue weighted by molar-refractivity contribution is 0.121. The van der Waals surface area contributed by atoms with Crippen LogP contribution in [0.25, 0.3) is 0 Å². The average molecular weight is 303 g/mol. The van der Waals surface area contributed by atoms with Gasteiger partial charge in [0.15, 0.2) is 5.11 Å². The van der Waals surface area contributed by atoms with E-state index in [-0.39, 0.29) is 6.10 Å². The molecule has 5 heteroatoms. The Morgan fingerprint density at radius 1 is 1.44 bits per heavy atom. The molecule has 0 aliphatic rings. The Morgan fingerprint density at radius 3 is 2.62 bits per heavy atom. The summed E-state index contributed by atoms with van der Waals surface area (Å²) in [6, 6.07) is 7.83. The number of nitrogens with one attached hydrogen (secondary N) is 2. The number of hydrogen-bond donors (Lipinski definition) is 2. The number of thiocarbonyl (C=S) groups is 1. The van der Waals surface area contributed by atoms with Crippen LogP contribution in [-0.4, -0.2) is 24.9 Å². The highest BCUT2D eigenvalue weighted by atomic mass is 79.9. The summed E-state index contributed by atoms with van der Waals surface area (Å²) >= 11 is 8.52. The fourth-order valence-electron chi connectivity index (χ4n) is 1.03. The van der Waals surface area contributed by atoms with Crippen LogP contribution in [-0.2, 0) is 4.74 Å². The molecule has 1 aromatic carbocycles. The van der Waals surface area contributed by atoms with E-state index in [1.54, 1.807) is 7.11 Å². The van der Waals surface area contributed by atoms with Crippen LogP contribution in [0.1, 0.15) is 6.92 Å². The van der Waals surface area contributed by atoms with Gasteiger partial charge >= 0.3 is 0 Å². The van der Waals surface area contributed by atoms with E-state index in [0.29, 0.717) is 11.7 Å². The summed E-state index contributed by atoms with van der Waals surface area (Å²) in [5.41, 5.74) is 0.964. The summed E-state index contributed by atoms with van der Waals surface area (Å²) in [5.74, 6) is 0. The minimum Gasteiger partial charge on any atom is -0.380 e. The minimum absolute atomic E-state index is 0.143. The normalized spacial score (nSPS) is 11.9. The van der Waals surface area contributed by atoms with Crippen molar-refractivity contribution in [3.8, 4) is 0 Å². The van der Waals surface area contributed by atoms with Gasteiger partial charge in [-0.3, -0.25) is 0 Å². The third-order valence-corrected chi connectivity index (χ3v) is 2.83. The van der Waals surface area contributed by atoms with Crippen LogP contribution in [0.2, 0.25) is 0 Å². The first-order chi connectivity index (χ1) is 7.61. The lowest BCUT2D eigenvalue weighted by atomic mass is 10.3. The van der Waals surface area contributed by atoms with Crippen LogP contribution >= 0.6 is 28.1 Å². The topological polar surface area (TPSA) is 33.3 Å². The van der Waals surface area contributed by atoms with Gasteiger partial charge < -0.3 is 15.4 Å². The number of ether oxygens (including phenoxy) is 1. The van der Waals surface area contributed by atoms with Crippen LogP contribution in [0.15, 0.2) is 28.7 Å². The Labute approximate surface area is 110 Å².